The Bertz CT molecular complexity index is 419. The SMILES string of the molecule is Cc1cccc(CN2CCCC(C(=O)NN)C2)c1. The Morgan fingerprint density at radius 1 is 1.56 bits per heavy atom. The van der Waals surface area contributed by atoms with Crippen LogP contribution in [-0.2, 0) is 11.3 Å². The molecule has 2 rings (SSSR count). The van der Waals surface area contributed by atoms with Crippen molar-refractivity contribution in [3.63, 3.8) is 0 Å². The first-order valence-corrected chi connectivity index (χ1v) is 6.47. The summed E-state index contributed by atoms with van der Waals surface area (Å²) in [6, 6.07) is 8.52. The van der Waals surface area contributed by atoms with E-state index in [1.165, 1.54) is 11.1 Å². The normalized spacial score (nSPS) is 20.7. The van der Waals surface area contributed by atoms with Gasteiger partial charge in [0.2, 0.25) is 5.91 Å². The van der Waals surface area contributed by atoms with Gasteiger partial charge < -0.3 is 0 Å². The molecule has 3 N–H and O–H groups in total. The third kappa shape index (κ3) is 3.31. The highest BCUT2D eigenvalue weighted by Gasteiger charge is 2.25. The molecule has 0 aromatic heterocycles. The highest BCUT2D eigenvalue weighted by molar-refractivity contribution is 5.78. The van der Waals surface area contributed by atoms with Crippen LogP contribution < -0.4 is 11.3 Å². The van der Waals surface area contributed by atoms with E-state index in [2.05, 4.69) is 41.5 Å². The van der Waals surface area contributed by atoms with Crippen molar-refractivity contribution in [2.75, 3.05) is 13.1 Å². The minimum absolute atomic E-state index is 0.0357. The lowest BCUT2D eigenvalue weighted by Crippen LogP contribution is -2.44. The van der Waals surface area contributed by atoms with Crippen molar-refractivity contribution in [1.82, 2.24) is 10.3 Å². The highest BCUT2D eigenvalue weighted by atomic mass is 16.2. The number of hydrazine groups is 1. The summed E-state index contributed by atoms with van der Waals surface area (Å²) in [6.45, 7) is 4.87. The summed E-state index contributed by atoms with van der Waals surface area (Å²) in [5.41, 5.74) is 4.85. The van der Waals surface area contributed by atoms with Crippen molar-refractivity contribution in [1.29, 1.82) is 0 Å². The molecule has 1 aliphatic rings. The first-order valence-electron chi connectivity index (χ1n) is 6.47. The zero-order chi connectivity index (χ0) is 13.0. The zero-order valence-electron chi connectivity index (χ0n) is 10.9. The Balaban J connectivity index is 1.95. The van der Waals surface area contributed by atoms with E-state index in [-0.39, 0.29) is 11.8 Å². The Labute approximate surface area is 108 Å². The summed E-state index contributed by atoms with van der Waals surface area (Å²) >= 11 is 0. The van der Waals surface area contributed by atoms with Crippen molar-refractivity contribution >= 4 is 5.91 Å². The molecule has 98 valence electrons. The fourth-order valence-electron chi connectivity index (χ4n) is 2.60. The maximum atomic E-state index is 11.6. The summed E-state index contributed by atoms with van der Waals surface area (Å²) in [6.07, 6.45) is 2.00. The van der Waals surface area contributed by atoms with Crippen molar-refractivity contribution < 1.29 is 4.79 Å². The number of amides is 1. The number of hydrogen-bond acceptors (Lipinski definition) is 3. The van der Waals surface area contributed by atoms with Crippen LogP contribution >= 0.6 is 0 Å². The monoisotopic (exact) mass is 247 g/mol. The average Bonchev–Trinajstić information content (AvgIpc) is 2.38. The highest BCUT2D eigenvalue weighted by Crippen LogP contribution is 2.18. The van der Waals surface area contributed by atoms with Crippen molar-refractivity contribution in [3.8, 4) is 0 Å². The second-order valence-electron chi connectivity index (χ2n) is 5.07. The minimum atomic E-state index is -0.0380. The Morgan fingerprint density at radius 2 is 2.39 bits per heavy atom. The molecular weight excluding hydrogens is 226 g/mol. The number of nitrogens with zero attached hydrogens (tertiary/aromatic N) is 1. The molecule has 4 heteroatoms. The Kier molecular flexibility index (Phi) is 4.33. The van der Waals surface area contributed by atoms with Gasteiger partial charge in [-0.05, 0) is 31.9 Å². The topological polar surface area (TPSA) is 58.4 Å². The van der Waals surface area contributed by atoms with Crippen LogP contribution in [0.2, 0.25) is 0 Å². The predicted octanol–water partition coefficient (Wildman–Crippen LogP) is 1.20. The maximum Gasteiger partial charge on any atom is 0.238 e. The van der Waals surface area contributed by atoms with Gasteiger partial charge in [0.05, 0.1) is 5.92 Å². The fraction of sp³-hybridized carbons (Fsp3) is 0.500. The second kappa shape index (κ2) is 5.98. The standard InChI is InChI=1S/C14H21N3O/c1-11-4-2-5-12(8-11)9-17-7-3-6-13(10-17)14(18)16-15/h2,4-5,8,13H,3,6-7,9-10,15H2,1H3,(H,16,18). The molecule has 4 nitrogen and oxygen atoms in total. The van der Waals surface area contributed by atoms with Crippen LogP contribution in [0.25, 0.3) is 0 Å². The number of likely N-dealkylation sites (tertiary alicyclic amines) is 1. The van der Waals surface area contributed by atoms with Crippen LogP contribution in [-0.4, -0.2) is 23.9 Å². The maximum absolute atomic E-state index is 11.6. The number of nitrogens with one attached hydrogen (secondary N) is 1. The van der Waals surface area contributed by atoms with E-state index in [1.807, 2.05) is 0 Å². The minimum Gasteiger partial charge on any atom is -0.298 e. The molecule has 1 atom stereocenters. The van der Waals surface area contributed by atoms with Crippen molar-refractivity contribution in [2.24, 2.45) is 11.8 Å². The molecule has 0 radical (unpaired) electrons. The van der Waals surface area contributed by atoms with Gasteiger partial charge in [-0.3, -0.25) is 15.1 Å². The number of hydrogen-bond donors (Lipinski definition) is 2. The number of carbonyl (C=O) groups excluding carboxylic acids is 1. The van der Waals surface area contributed by atoms with Gasteiger partial charge in [0.25, 0.3) is 0 Å². The van der Waals surface area contributed by atoms with Gasteiger partial charge in [0.15, 0.2) is 0 Å². The van der Waals surface area contributed by atoms with Gasteiger partial charge in [-0.15, -0.1) is 0 Å². The lowest BCUT2D eigenvalue weighted by atomic mass is 9.97. The molecule has 0 saturated carbocycles. The molecule has 1 aromatic carbocycles. The fourth-order valence-corrected chi connectivity index (χ4v) is 2.60. The smallest absolute Gasteiger partial charge is 0.238 e. The molecular formula is C14H21N3O. The number of rotatable bonds is 3. The summed E-state index contributed by atoms with van der Waals surface area (Å²) in [5, 5.41) is 0. The molecule has 1 fully saturated rings. The summed E-state index contributed by atoms with van der Waals surface area (Å²) in [4.78, 5) is 13.9. The Hall–Kier alpha value is -1.39. The van der Waals surface area contributed by atoms with E-state index in [1.54, 1.807) is 0 Å². The van der Waals surface area contributed by atoms with E-state index < -0.39 is 0 Å². The van der Waals surface area contributed by atoms with E-state index in [0.29, 0.717) is 0 Å². The molecule has 1 amide bonds. The molecule has 0 bridgehead atoms. The average molecular weight is 247 g/mol. The van der Waals surface area contributed by atoms with Crippen LogP contribution in [0.15, 0.2) is 24.3 Å². The van der Waals surface area contributed by atoms with Crippen LogP contribution in [0.3, 0.4) is 0 Å². The van der Waals surface area contributed by atoms with E-state index in [4.69, 9.17) is 5.84 Å². The van der Waals surface area contributed by atoms with Gasteiger partial charge >= 0.3 is 0 Å². The summed E-state index contributed by atoms with van der Waals surface area (Å²) < 4.78 is 0. The van der Waals surface area contributed by atoms with Gasteiger partial charge in [0, 0.05) is 13.1 Å². The summed E-state index contributed by atoms with van der Waals surface area (Å²) in [7, 11) is 0. The number of nitrogens with two attached hydrogens (primary N) is 1. The summed E-state index contributed by atoms with van der Waals surface area (Å²) in [5.74, 6) is 5.20. The second-order valence-corrected chi connectivity index (χ2v) is 5.07. The van der Waals surface area contributed by atoms with Gasteiger partial charge in [-0.1, -0.05) is 29.8 Å². The molecule has 1 unspecified atom stereocenters. The van der Waals surface area contributed by atoms with E-state index in [0.717, 1.165) is 32.5 Å². The third-order valence-corrected chi connectivity index (χ3v) is 3.51. The first kappa shape index (κ1) is 13.1. The molecule has 1 aliphatic heterocycles. The lowest BCUT2D eigenvalue weighted by molar-refractivity contribution is -0.126. The van der Waals surface area contributed by atoms with Crippen LogP contribution in [0.5, 0.6) is 0 Å². The number of aryl methyl sites for hydroxylation is 1. The van der Waals surface area contributed by atoms with Crippen LogP contribution in [0.4, 0.5) is 0 Å². The molecule has 1 saturated heterocycles. The number of carbonyl (C=O) groups is 1. The van der Waals surface area contributed by atoms with Crippen molar-refractivity contribution in [3.05, 3.63) is 35.4 Å². The number of piperidine rings is 1. The van der Waals surface area contributed by atoms with Crippen LogP contribution in [0.1, 0.15) is 24.0 Å². The largest absolute Gasteiger partial charge is 0.298 e. The van der Waals surface area contributed by atoms with Crippen LogP contribution in [0, 0.1) is 12.8 Å². The predicted molar refractivity (Wildman–Crippen MR) is 71.5 cm³/mol. The molecule has 0 spiro atoms. The van der Waals surface area contributed by atoms with Gasteiger partial charge in [-0.25, -0.2) is 5.84 Å². The molecule has 1 aromatic rings. The molecule has 18 heavy (non-hydrogen) atoms. The number of benzene rings is 1. The third-order valence-electron chi connectivity index (χ3n) is 3.51. The zero-order valence-corrected chi connectivity index (χ0v) is 10.9. The quantitative estimate of drug-likeness (QED) is 0.479. The first-order chi connectivity index (χ1) is 8.69. The lowest BCUT2D eigenvalue weighted by Gasteiger charge is -2.31. The van der Waals surface area contributed by atoms with Gasteiger partial charge in [-0.2, -0.15) is 0 Å². The molecule has 1 heterocycles. The Morgan fingerprint density at radius 3 is 3.11 bits per heavy atom. The van der Waals surface area contributed by atoms with Gasteiger partial charge in [0.1, 0.15) is 0 Å². The van der Waals surface area contributed by atoms with E-state index >= 15 is 0 Å². The van der Waals surface area contributed by atoms with Crippen molar-refractivity contribution in [2.45, 2.75) is 26.3 Å². The van der Waals surface area contributed by atoms with E-state index in [9.17, 15) is 4.79 Å². The molecule has 0 aliphatic carbocycles.